The number of carbonyl (C=O) groups is 1. The van der Waals surface area contributed by atoms with Gasteiger partial charge in [-0.25, -0.2) is 0 Å². The van der Waals surface area contributed by atoms with E-state index in [0.717, 1.165) is 48.9 Å². The SMILES string of the molecule is CCC(CC)C(=O)/C=C(\O)C(CC)CC.[Ir].[c-]1ccc2cncc3c2c1-c1nc2ccccc2cc1C3. The van der Waals surface area contributed by atoms with Crippen molar-refractivity contribution in [2.24, 2.45) is 11.8 Å². The minimum Gasteiger partial charge on any atom is -0.512 e. The van der Waals surface area contributed by atoms with E-state index in [-0.39, 0.29) is 43.5 Å². The van der Waals surface area contributed by atoms with Crippen molar-refractivity contribution >= 4 is 27.5 Å². The van der Waals surface area contributed by atoms with Gasteiger partial charge in [-0.1, -0.05) is 73.9 Å². The van der Waals surface area contributed by atoms with E-state index < -0.39 is 0 Å². The Morgan fingerprint density at radius 3 is 2.38 bits per heavy atom. The van der Waals surface area contributed by atoms with Gasteiger partial charge in [0.1, 0.15) is 0 Å². The molecule has 1 aliphatic carbocycles. The number of hydrogen-bond acceptors (Lipinski definition) is 4. The van der Waals surface area contributed by atoms with Gasteiger partial charge in [-0.3, -0.25) is 14.8 Å². The van der Waals surface area contributed by atoms with E-state index in [0.29, 0.717) is 0 Å². The van der Waals surface area contributed by atoms with Crippen LogP contribution in [0.25, 0.3) is 32.9 Å². The molecule has 0 unspecified atom stereocenters. The van der Waals surface area contributed by atoms with Crippen molar-refractivity contribution in [1.82, 2.24) is 9.97 Å². The van der Waals surface area contributed by atoms with E-state index in [4.69, 9.17) is 4.98 Å². The Balaban J connectivity index is 0.000000214. The summed E-state index contributed by atoms with van der Waals surface area (Å²) in [5, 5.41) is 13.4. The Kier molecular flexibility index (Phi) is 10.1. The summed E-state index contributed by atoms with van der Waals surface area (Å²) in [6, 6.07) is 17.9. The van der Waals surface area contributed by atoms with Crippen molar-refractivity contribution in [3.05, 3.63) is 83.9 Å². The molecule has 0 bridgehead atoms. The zero-order valence-corrected chi connectivity index (χ0v) is 24.4. The summed E-state index contributed by atoms with van der Waals surface area (Å²) < 4.78 is 0. The predicted molar refractivity (Wildman–Crippen MR) is 148 cm³/mol. The Morgan fingerprint density at radius 1 is 0.973 bits per heavy atom. The summed E-state index contributed by atoms with van der Waals surface area (Å²) in [4.78, 5) is 21.0. The molecule has 1 radical (unpaired) electrons. The topological polar surface area (TPSA) is 63.1 Å². The molecule has 0 amide bonds. The second-order valence-electron chi connectivity index (χ2n) is 9.48. The van der Waals surface area contributed by atoms with Gasteiger partial charge in [0.15, 0.2) is 5.78 Å². The molecule has 0 fully saturated rings. The summed E-state index contributed by atoms with van der Waals surface area (Å²) in [7, 11) is 0. The van der Waals surface area contributed by atoms with Crippen LogP contribution < -0.4 is 0 Å². The van der Waals surface area contributed by atoms with Crippen LogP contribution in [0.2, 0.25) is 0 Å². The van der Waals surface area contributed by atoms with Crippen LogP contribution in [-0.2, 0) is 31.3 Å². The van der Waals surface area contributed by atoms with Crippen molar-refractivity contribution in [3.63, 3.8) is 0 Å². The number of pyridine rings is 2. The van der Waals surface area contributed by atoms with Gasteiger partial charge < -0.3 is 5.11 Å². The maximum absolute atomic E-state index is 11.7. The molecule has 5 heteroatoms. The van der Waals surface area contributed by atoms with E-state index in [9.17, 15) is 9.90 Å². The number of ketones is 1. The van der Waals surface area contributed by atoms with Crippen LogP contribution in [0.4, 0.5) is 0 Å². The van der Waals surface area contributed by atoms with E-state index in [1.54, 1.807) is 0 Å². The minimum absolute atomic E-state index is 0. The average Bonchev–Trinajstić information content (AvgIpc) is 2.90. The third kappa shape index (κ3) is 6.17. The Hall–Kier alpha value is -2.88. The van der Waals surface area contributed by atoms with Gasteiger partial charge in [-0.05, 0) is 49.3 Å². The fourth-order valence-corrected chi connectivity index (χ4v) is 5.06. The molecule has 0 aliphatic heterocycles. The largest absolute Gasteiger partial charge is 0.512 e. The van der Waals surface area contributed by atoms with Crippen LogP contribution in [0, 0.1) is 17.9 Å². The fraction of sp³-hybridized carbons (Fsp3) is 0.344. The molecule has 0 saturated heterocycles. The molecular formula is C32H35IrN2O2-. The summed E-state index contributed by atoms with van der Waals surface area (Å²) in [6.07, 6.45) is 9.69. The number of carbonyl (C=O) groups excluding carboxylic acids is 1. The first-order chi connectivity index (χ1) is 17.5. The second kappa shape index (κ2) is 13.1. The molecule has 0 atom stereocenters. The van der Waals surface area contributed by atoms with Gasteiger partial charge >= 0.3 is 0 Å². The molecule has 2 aromatic heterocycles. The zero-order chi connectivity index (χ0) is 25.7. The molecule has 1 N–H and O–H groups in total. The molecule has 195 valence electrons. The number of aliphatic hydroxyl groups excluding tert-OH is 1. The van der Waals surface area contributed by atoms with Crippen molar-refractivity contribution in [2.75, 3.05) is 0 Å². The molecule has 0 spiro atoms. The first kappa shape index (κ1) is 28.7. The standard InChI is InChI=1S/C19H11N2.C13H24O2.Ir/c1-2-7-17-12(4-1)8-14-9-15-11-20-10-13-5-3-6-16(18(13)15)19(14)21-17;1-5-10(6-2)12(14)9-13(15)11(7-3)8-4;/h1-5,7-8,10-11H,9H2;9-11,14H,5-8H2,1-4H3;/q-1;;/b;12-9-;. The molecule has 4 nitrogen and oxygen atoms in total. The number of allylic oxidation sites excluding steroid dienone is 2. The quantitative estimate of drug-likeness (QED) is 0.108. The summed E-state index contributed by atoms with van der Waals surface area (Å²) in [5.74, 6) is 0.547. The third-order valence-electron chi connectivity index (χ3n) is 7.30. The third-order valence-corrected chi connectivity index (χ3v) is 7.30. The summed E-state index contributed by atoms with van der Waals surface area (Å²) >= 11 is 0. The number of aromatic nitrogens is 2. The molecule has 5 rings (SSSR count). The van der Waals surface area contributed by atoms with Gasteiger partial charge in [0.05, 0.1) is 11.3 Å². The van der Waals surface area contributed by atoms with Crippen LogP contribution in [0.5, 0.6) is 0 Å². The normalized spacial score (nSPS) is 12.2. The molecule has 37 heavy (non-hydrogen) atoms. The Morgan fingerprint density at radius 2 is 1.68 bits per heavy atom. The smallest absolute Gasteiger partial charge is 0.162 e. The van der Waals surface area contributed by atoms with Crippen molar-refractivity contribution in [3.8, 4) is 11.3 Å². The maximum atomic E-state index is 11.7. The van der Waals surface area contributed by atoms with E-state index in [1.807, 2.05) is 52.2 Å². The fourth-order valence-electron chi connectivity index (χ4n) is 5.06. The monoisotopic (exact) mass is 672 g/mol. The van der Waals surface area contributed by atoms with Crippen molar-refractivity contribution in [2.45, 2.75) is 59.8 Å². The maximum Gasteiger partial charge on any atom is 0.162 e. The molecule has 2 heterocycles. The van der Waals surface area contributed by atoms with Crippen LogP contribution in [0.1, 0.15) is 64.5 Å². The van der Waals surface area contributed by atoms with Gasteiger partial charge in [-0.15, -0.1) is 23.8 Å². The number of fused-ring (bicyclic) bond motifs is 3. The number of benzene rings is 2. The van der Waals surface area contributed by atoms with Gasteiger partial charge in [-0.2, -0.15) is 0 Å². The molecule has 0 saturated carbocycles. The van der Waals surface area contributed by atoms with Crippen LogP contribution in [0.15, 0.2) is 66.7 Å². The molecule has 1 aliphatic rings. The van der Waals surface area contributed by atoms with Crippen LogP contribution in [-0.4, -0.2) is 20.9 Å². The first-order valence-electron chi connectivity index (χ1n) is 13.1. The van der Waals surface area contributed by atoms with Gasteiger partial charge in [0, 0.05) is 50.4 Å². The predicted octanol–water partition coefficient (Wildman–Crippen LogP) is 8.02. The Bertz CT molecular complexity index is 1400. The number of para-hydroxylation sites is 1. The second-order valence-corrected chi connectivity index (χ2v) is 9.48. The zero-order valence-electron chi connectivity index (χ0n) is 22.0. The van der Waals surface area contributed by atoms with E-state index in [1.165, 1.54) is 33.4 Å². The van der Waals surface area contributed by atoms with E-state index >= 15 is 0 Å². The molecule has 4 aromatic rings. The summed E-state index contributed by atoms with van der Waals surface area (Å²) in [6.45, 7) is 8.07. The van der Waals surface area contributed by atoms with Crippen LogP contribution in [0.3, 0.4) is 0 Å². The van der Waals surface area contributed by atoms with Gasteiger partial charge in [0.2, 0.25) is 0 Å². The molecular weight excluding hydrogens is 637 g/mol. The number of nitrogens with zero attached hydrogens (tertiary/aromatic N) is 2. The number of aliphatic hydroxyl groups is 1. The average molecular weight is 672 g/mol. The van der Waals surface area contributed by atoms with Crippen molar-refractivity contribution < 1.29 is 30.0 Å². The van der Waals surface area contributed by atoms with E-state index in [2.05, 4.69) is 41.4 Å². The first-order valence-corrected chi connectivity index (χ1v) is 13.1. The Labute approximate surface area is 233 Å². The number of rotatable bonds is 7. The minimum atomic E-state index is 0. The summed E-state index contributed by atoms with van der Waals surface area (Å²) in [5.41, 5.74) is 5.75. The van der Waals surface area contributed by atoms with Crippen molar-refractivity contribution in [1.29, 1.82) is 0 Å². The molecule has 2 aromatic carbocycles. The number of hydrogen-bond donors (Lipinski definition) is 1. The van der Waals surface area contributed by atoms with Gasteiger partial charge in [0.25, 0.3) is 0 Å². The van der Waals surface area contributed by atoms with Crippen LogP contribution >= 0.6 is 0 Å².